The molecule has 0 radical (unpaired) electrons. The molecule has 0 atom stereocenters. The Labute approximate surface area is 104 Å². The molecule has 2 heterocycles. The monoisotopic (exact) mass is 249 g/mol. The van der Waals surface area contributed by atoms with Gasteiger partial charge in [-0.2, -0.15) is 16.4 Å². The predicted molar refractivity (Wildman–Crippen MR) is 70.7 cm³/mol. The fourth-order valence-corrected chi connectivity index (χ4v) is 2.18. The van der Waals surface area contributed by atoms with Gasteiger partial charge in [0, 0.05) is 12.1 Å². The molecule has 0 bridgehead atoms. The Morgan fingerprint density at radius 3 is 2.94 bits per heavy atom. The topological polar surface area (TPSA) is 46.9 Å². The van der Waals surface area contributed by atoms with Crippen LogP contribution in [0.4, 0.5) is 5.69 Å². The minimum absolute atomic E-state index is 0.0816. The zero-order chi connectivity index (χ0) is 12.3. The third-order valence-corrected chi connectivity index (χ3v) is 2.97. The van der Waals surface area contributed by atoms with Gasteiger partial charge in [0.25, 0.3) is 5.56 Å². The molecule has 17 heavy (non-hydrogen) atoms. The molecule has 2 rings (SSSR count). The highest BCUT2D eigenvalue weighted by Gasteiger charge is 2.02. The quantitative estimate of drug-likeness (QED) is 0.903. The Morgan fingerprint density at radius 2 is 2.35 bits per heavy atom. The number of anilines is 1. The fourth-order valence-electron chi connectivity index (χ4n) is 1.52. The summed E-state index contributed by atoms with van der Waals surface area (Å²) in [6.07, 6.45) is 1.69. The molecular weight excluding hydrogens is 234 g/mol. The van der Waals surface area contributed by atoms with Gasteiger partial charge in [0.05, 0.1) is 18.4 Å². The lowest BCUT2D eigenvalue weighted by atomic mass is 10.3. The summed E-state index contributed by atoms with van der Waals surface area (Å²) in [7, 11) is 0. The summed E-state index contributed by atoms with van der Waals surface area (Å²) < 4.78 is 1.47. The molecule has 5 heteroatoms. The molecule has 0 unspecified atom stereocenters. The third-order valence-electron chi connectivity index (χ3n) is 2.24. The summed E-state index contributed by atoms with van der Waals surface area (Å²) in [5, 5.41) is 11.3. The molecule has 2 aromatic heterocycles. The fraction of sp³-hybridized carbons (Fsp3) is 0.333. The summed E-state index contributed by atoms with van der Waals surface area (Å²) in [6.45, 7) is 4.58. The second-order valence-corrected chi connectivity index (χ2v) is 4.95. The molecular formula is C12H15N3OS. The average molecular weight is 249 g/mol. The van der Waals surface area contributed by atoms with Crippen LogP contribution in [-0.4, -0.2) is 15.8 Å². The lowest BCUT2D eigenvalue weighted by Gasteiger charge is -2.10. The zero-order valence-corrected chi connectivity index (χ0v) is 10.7. The van der Waals surface area contributed by atoms with Crippen LogP contribution in [0.15, 0.2) is 33.9 Å². The molecule has 0 amide bonds. The van der Waals surface area contributed by atoms with Gasteiger partial charge >= 0.3 is 0 Å². The van der Waals surface area contributed by atoms with Crippen molar-refractivity contribution in [3.05, 3.63) is 45.0 Å². The van der Waals surface area contributed by atoms with E-state index in [1.807, 2.05) is 30.7 Å². The summed E-state index contributed by atoms with van der Waals surface area (Å²) >= 11 is 1.62. The maximum atomic E-state index is 11.8. The van der Waals surface area contributed by atoms with Crippen molar-refractivity contribution in [1.82, 2.24) is 9.78 Å². The van der Waals surface area contributed by atoms with E-state index in [1.165, 1.54) is 4.68 Å². The smallest absolute Gasteiger partial charge is 0.269 e. The highest BCUT2D eigenvalue weighted by molar-refractivity contribution is 7.07. The molecule has 0 aliphatic carbocycles. The summed E-state index contributed by atoms with van der Waals surface area (Å²) in [5.74, 6) is 0. The molecule has 2 aromatic rings. The number of rotatable bonds is 4. The summed E-state index contributed by atoms with van der Waals surface area (Å²) in [6, 6.07) is 3.88. The summed E-state index contributed by atoms with van der Waals surface area (Å²) in [4.78, 5) is 11.8. The van der Waals surface area contributed by atoms with Gasteiger partial charge in [-0.3, -0.25) is 4.79 Å². The van der Waals surface area contributed by atoms with E-state index in [-0.39, 0.29) is 5.56 Å². The first-order valence-electron chi connectivity index (χ1n) is 5.50. The number of hydrogen-bond acceptors (Lipinski definition) is 4. The van der Waals surface area contributed by atoms with Crippen LogP contribution in [0.5, 0.6) is 0 Å². The minimum atomic E-state index is -0.0816. The maximum Gasteiger partial charge on any atom is 0.269 e. The highest BCUT2D eigenvalue weighted by Crippen LogP contribution is 2.07. The van der Waals surface area contributed by atoms with Crippen molar-refractivity contribution in [2.45, 2.75) is 26.4 Å². The SMILES string of the molecule is CC(C)Nc1cnn(Cc2ccsc2)c(=O)c1. The molecule has 0 aliphatic heterocycles. The van der Waals surface area contributed by atoms with Gasteiger partial charge in [-0.15, -0.1) is 0 Å². The number of nitrogens with one attached hydrogen (secondary N) is 1. The van der Waals surface area contributed by atoms with Crippen LogP contribution in [0.1, 0.15) is 19.4 Å². The van der Waals surface area contributed by atoms with Crippen LogP contribution < -0.4 is 10.9 Å². The lowest BCUT2D eigenvalue weighted by molar-refractivity contribution is 0.640. The van der Waals surface area contributed by atoms with E-state index >= 15 is 0 Å². The van der Waals surface area contributed by atoms with Crippen molar-refractivity contribution in [3.8, 4) is 0 Å². The van der Waals surface area contributed by atoms with E-state index < -0.39 is 0 Å². The summed E-state index contributed by atoms with van der Waals surface area (Å²) in [5.41, 5.74) is 1.79. The molecule has 90 valence electrons. The first-order chi connectivity index (χ1) is 8.15. The Morgan fingerprint density at radius 1 is 1.53 bits per heavy atom. The van der Waals surface area contributed by atoms with Crippen LogP contribution in [0, 0.1) is 0 Å². The second-order valence-electron chi connectivity index (χ2n) is 4.17. The van der Waals surface area contributed by atoms with E-state index in [0.29, 0.717) is 12.6 Å². The molecule has 0 aliphatic rings. The van der Waals surface area contributed by atoms with Gasteiger partial charge in [-0.25, -0.2) is 4.68 Å². The Kier molecular flexibility index (Phi) is 3.58. The normalized spacial score (nSPS) is 10.8. The van der Waals surface area contributed by atoms with Gasteiger partial charge < -0.3 is 5.32 Å². The lowest BCUT2D eigenvalue weighted by Crippen LogP contribution is -2.23. The van der Waals surface area contributed by atoms with Gasteiger partial charge in [-0.1, -0.05) is 0 Å². The molecule has 0 aromatic carbocycles. The predicted octanol–water partition coefficient (Wildman–Crippen LogP) is 2.17. The van der Waals surface area contributed by atoms with Gasteiger partial charge in [0.15, 0.2) is 0 Å². The standard InChI is InChI=1S/C12H15N3OS/c1-9(2)14-11-5-12(16)15(13-6-11)7-10-3-4-17-8-10/h3-6,8-9,14H,7H2,1-2H3. The minimum Gasteiger partial charge on any atom is -0.381 e. The molecule has 0 fully saturated rings. The van der Waals surface area contributed by atoms with Crippen LogP contribution in [0.25, 0.3) is 0 Å². The van der Waals surface area contributed by atoms with E-state index in [2.05, 4.69) is 10.4 Å². The van der Waals surface area contributed by atoms with Gasteiger partial charge in [0.1, 0.15) is 0 Å². The van der Waals surface area contributed by atoms with Crippen LogP contribution in [0.3, 0.4) is 0 Å². The van der Waals surface area contributed by atoms with Crippen molar-refractivity contribution in [2.75, 3.05) is 5.32 Å². The van der Waals surface area contributed by atoms with Crippen molar-refractivity contribution in [2.24, 2.45) is 0 Å². The zero-order valence-electron chi connectivity index (χ0n) is 9.88. The third kappa shape index (κ3) is 3.17. The average Bonchev–Trinajstić information content (AvgIpc) is 2.74. The van der Waals surface area contributed by atoms with E-state index in [4.69, 9.17) is 0 Å². The molecule has 4 nitrogen and oxygen atoms in total. The number of aromatic nitrogens is 2. The Bertz CT molecular complexity index is 531. The Hall–Kier alpha value is -1.62. The maximum absolute atomic E-state index is 11.8. The van der Waals surface area contributed by atoms with Crippen LogP contribution in [-0.2, 0) is 6.54 Å². The van der Waals surface area contributed by atoms with E-state index in [1.54, 1.807) is 23.6 Å². The van der Waals surface area contributed by atoms with Gasteiger partial charge in [-0.05, 0) is 36.2 Å². The molecule has 0 saturated carbocycles. The van der Waals surface area contributed by atoms with E-state index in [9.17, 15) is 4.79 Å². The van der Waals surface area contributed by atoms with Crippen molar-refractivity contribution in [1.29, 1.82) is 0 Å². The number of thiophene rings is 1. The van der Waals surface area contributed by atoms with Crippen LogP contribution >= 0.6 is 11.3 Å². The second kappa shape index (κ2) is 5.14. The van der Waals surface area contributed by atoms with E-state index in [0.717, 1.165) is 11.3 Å². The molecule has 0 saturated heterocycles. The molecule has 0 spiro atoms. The van der Waals surface area contributed by atoms with Crippen molar-refractivity contribution >= 4 is 17.0 Å². The first-order valence-corrected chi connectivity index (χ1v) is 6.44. The van der Waals surface area contributed by atoms with Crippen molar-refractivity contribution in [3.63, 3.8) is 0 Å². The Balaban J connectivity index is 2.17. The largest absolute Gasteiger partial charge is 0.381 e. The first kappa shape index (κ1) is 11.9. The van der Waals surface area contributed by atoms with Crippen LogP contribution in [0.2, 0.25) is 0 Å². The van der Waals surface area contributed by atoms with Gasteiger partial charge in [0.2, 0.25) is 0 Å². The van der Waals surface area contributed by atoms with Crippen molar-refractivity contribution < 1.29 is 0 Å². The highest BCUT2D eigenvalue weighted by atomic mass is 32.1. The molecule has 1 N–H and O–H groups in total. The number of hydrogen-bond donors (Lipinski definition) is 1. The number of nitrogens with zero attached hydrogens (tertiary/aromatic N) is 2.